The Morgan fingerprint density at radius 2 is 1.41 bits per heavy atom. The van der Waals surface area contributed by atoms with Crippen LogP contribution in [0.15, 0.2) is 66.7 Å². The second-order valence-corrected chi connectivity index (χ2v) is 14.5. The van der Waals surface area contributed by atoms with Gasteiger partial charge in [0.15, 0.2) is 0 Å². The van der Waals surface area contributed by atoms with Crippen molar-refractivity contribution in [1.29, 1.82) is 0 Å². The molecule has 0 bridgehead atoms. The third-order valence-electron chi connectivity index (χ3n) is 6.36. The molecule has 0 saturated carbocycles. The fourth-order valence-corrected chi connectivity index (χ4v) is 5.77. The molecule has 0 unspecified atom stereocenters. The minimum absolute atomic E-state index is 0.0884. The normalized spacial score (nSPS) is 12.2. The maximum absolute atomic E-state index is 11.6. The van der Waals surface area contributed by atoms with Crippen LogP contribution in [-0.2, 0) is 31.0 Å². The molecule has 0 aliphatic heterocycles. The molecule has 1 N–H and O–H groups in total. The largest absolute Gasteiger partial charge is 0.377 e. The molecule has 0 saturated heterocycles. The van der Waals surface area contributed by atoms with E-state index in [0.717, 1.165) is 44.4 Å². The highest BCUT2D eigenvalue weighted by Crippen LogP contribution is 2.34. The minimum atomic E-state index is -3.04. The second kappa shape index (κ2) is 12.3. The van der Waals surface area contributed by atoms with E-state index in [4.69, 9.17) is 9.72 Å². The van der Waals surface area contributed by atoms with Crippen molar-refractivity contribution >= 4 is 58.5 Å². The predicted molar refractivity (Wildman–Crippen MR) is 161 cm³/mol. The maximum atomic E-state index is 11.6. The van der Waals surface area contributed by atoms with E-state index >= 15 is 0 Å². The Balaban J connectivity index is 1.64. The average molecular weight is 570 g/mol. The van der Waals surface area contributed by atoms with E-state index in [9.17, 15) is 16.8 Å². The Labute approximate surface area is 230 Å². The van der Waals surface area contributed by atoms with Crippen LogP contribution in [0.25, 0.3) is 21.8 Å². The maximum Gasteiger partial charge on any atom is 0.147 e. The number of ether oxygens (including phenoxy) is 1. The van der Waals surface area contributed by atoms with Gasteiger partial charge in [0.2, 0.25) is 0 Å². The van der Waals surface area contributed by atoms with E-state index in [0.29, 0.717) is 32.6 Å². The topological polar surface area (TPSA) is 106 Å². The fraction of sp³-hybridized carbons (Fsp3) is 0.345. The highest BCUT2D eigenvalue weighted by Gasteiger charge is 2.12. The Kier molecular flexibility index (Phi) is 9.09. The first-order valence-corrected chi connectivity index (χ1v) is 16.9. The molecular formula is C29H35N3O5S2. The monoisotopic (exact) mass is 569 g/mol. The van der Waals surface area contributed by atoms with Crippen molar-refractivity contribution in [2.75, 3.05) is 54.4 Å². The summed E-state index contributed by atoms with van der Waals surface area (Å²) >= 11 is 0. The van der Waals surface area contributed by atoms with Crippen molar-refractivity contribution in [2.45, 2.75) is 19.4 Å². The van der Waals surface area contributed by atoms with Gasteiger partial charge in [-0.2, -0.15) is 0 Å². The lowest BCUT2D eigenvalue weighted by Crippen LogP contribution is -2.21. The molecular weight excluding hydrogens is 534 g/mol. The Morgan fingerprint density at radius 1 is 0.821 bits per heavy atom. The summed E-state index contributed by atoms with van der Waals surface area (Å²) in [5, 5.41) is 5.63. The van der Waals surface area contributed by atoms with Crippen LogP contribution < -0.4 is 10.2 Å². The molecule has 3 aromatic carbocycles. The number of para-hydroxylation sites is 2. The summed E-state index contributed by atoms with van der Waals surface area (Å²) in [4.78, 5) is 6.85. The van der Waals surface area contributed by atoms with E-state index in [1.807, 2.05) is 78.7 Å². The average Bonchev–Trinajstić information content (AvgIpc) is 2.87. The van der Waals surface area contributed by atoms with E-state index in [1.54, 1.807) is 0 Å². The number of benzene rings is 3. The zero-order valence-electron chi connectivity index (χ0n) is 22.6. The van der Waals surface area contributed by atoms with E-state index in [2.05, 4.69) is 5.32 Å². The quantitative estimate of drug-likeness (QED) is 0.178. The van der Waals surface area contributed by atoms with Gasteiger partial charge in [-0.05, 0) is 48.7 Å². The standard InChI is InChI=1S/C29H35N3O5S2/c1-32(14-8-16-38(2,33)34)24-19-22(21-37-15-9-17-39(3,35)36)18-23(20-24)30-29-25-10-4-6-12-27(25)31-28-13-7-5-11-26(28)29/h4-7,10-13,18-20H,8-9,14-17,21H2,1-3H3,(H,30,31). The van der Waals surface area contributed by atoms with Gasteiger partial charge in [0.25, 0.3) is 0 Å². The summed E-state index contributed by atoms with van der Waals surface area (Å²) in [6.45, 7) is 1.23. The smallest absolute Gasteiger partial charge is 0.147 e. The molecule has 208 valence electrons. The zero-order valence-corrected chi connectivity index (χ0v) is 24.2. The van der Waals surface area contributed by atoms with Crippen molar-refractivity contribution in [3.8, 4) is 0 Å². The molecule has 0 radical (unpaired) electrons. The molecule has 0 spiro atoms. The molecule has 4 aromatic rings. The fourth-order valence-electron chi connectivity index (χ4n) is 4.48. The molecule has 0 fully saturated rings. The van der Waals surface area contributed by atoms with E-state index < -0.39 is 19.7 Å². The number of anilines is 3. The predicted octanol–water partition coefficient (Wildman–Crippen LogP) is 4.95. The van der Waals surface area contributed by atoms with Crippen LogP contribution in [0.3, 0.4) is 0 Å². The Hall–Kier alpha value is -3.21. The summed E-state index contributed by atoms with van der Waals surface area (Å²) < 4.78 is 51.9. The number of rotatable bonds is 13. The first-order chi connectivity index (χ1) is 18.5. The number of hydrogen-bond acceptors (Lipinski definition) is 8. The van der Waals surface area contributed by atoms with Crippen molar-refractivity contribution in [3.63, 3.8) is 0 Å². The number of nitrogens with zero attached hydrogens (tertiary/aromatic N) is 2. The van der Waals surface area contributed by atoms with Crippen LogP contribution in [0, 0.1) is 0 Å². The van der Waals surface area contributed by atoms with Gasteiger partial charge in [0, 0.05) is 54.9 Å². The molecule has 4 rings (SSSR count). The van der Waals surface area contributed by atoms with Crippen molar-refractivity contribution < 1.29 is 21.6 Å². The highest BCUT2D eigenvalue weighted by atomic mass is 32.2. The lowest BCUT2D eigenvalue weighted by molar-refractivity contribution is 0.122. The van der Waals surface area contributed by atoms with Gasteiger partial charge in [-0.1, -0.05) is 36.4 Å². The number of nitrogens with one attached hydrogen (secondary N) is 1. The van der Waals surface area contributed by atoms with Crippen LogP contribution in [0.2, 0.25) is 0 Å². The van der Waals surface area contributed by atoms with E-state index in [-0.39, 0.29) is 11.5 Å². The number of fused-ring (bicyclic) bond motifs is 2. The SMILES string of the molecule is CN(CCCS(C)(=O)=O)c1cc(COCCCS(C)(=O)=O)cc(Nc2c3ccccc3nc3ccccc23)c1. The molecule has 0 aliphatic rings. The van der Waals surface area contributed by atoms with Gasteiger partial charge in [-0.15, -0.1) is 0 Å². The van der Waals surface area contributed by atoms with Crippen LogP contribution in [-0.4, -0.2) is 66.0 Å². The van der Waals surface area contributed by atoms with Crippen molar-refractivity contribution in [2.24, 2.45) is 0 Å². The first-order valence-electron chi connectivity index (χ1n) is 12.8. The molecule has 0 atom stereocenters. The van der Waals surface area contributed by atoms with Crippen LogP contribution in [0.4, 0.5) is 17.1 Å². The molecule has 0 amide bonds. The zero-order chi connectivity index (χ0) is 28.0. The lowest BCUT2D eigenvalue weighted by atomic mass is 10.1. The van der Waals surface area contributed by atoms with Crippen molar-refractivity contribution in [1.82, 2.24) is 4.98 Å². The number of aromatic nitrogens is 1. The minimum Gasteiger partial charge on any atom is -0.377 e. The number of pyridine rings is 1. The highest BCUT2D eigenvalue weighted by molar-refractivity contribution is 7.90. The third kappa shape index (κ3) is 8.39. The molecule has 0 aliphatic carbocycles. The Bertz CT molecular complexity index is 1620. The van der Waals surface area contributed by atoms with Gasteiger partial charge >= 0.3 is 0 Å². The molecule has 1 aromatic heterocycles. The summed E-state index contributed by atoms with van der Waals surface area (Å²) in [6, 6.07) is 22.1. The van der Waals surface area contributed by atoms with Crippen LogP contribution in [0.1, 0.15) is 18.4 Å². The summed E-state index contributed by atoms with van der Waals surface area (Å²) in [6.07, 6.45) is 3.43. The van der Waals surface area contributed by atoms with Crippen LogP contribution >= 0.6 is 0 Å². The van der Waals surface area contributed by atoms with Gasteiger partial charge in [-0.3, -0.25) is 0 Å². The van der Waals surface area contributed by atoms with Gasteiger partial charge < -0.3 is 15.0 Å². The van der Waals surface area contributed by atoms with Gasteiger partial charge in [0.1, 0.15) is 19.7 Å². The molecule has 8 nitrogen and oxygen atoms in total. The van der Waals surface area contributed by atoms with Gasteiger partial charge in [0.05, 0.1) is 34.8 Å². The Morgan fingerprint density at radius 3 is 2.03 bits per heavy atom. The van der Waals surface area contributed by atoms with Crippen LogP contribution in [0.5, 0.6) is 0 Å². The molecule has 1 heterocycles. The van der Waals surface area contributed by atoms with Gasteiger partial charge in [-0.25, -0.2) is 21.8 Å². The second-order valence-electron chi connectivity index (χ2n) is 9.98. The molecule has 10 heteroatoms. The summed E-state index contributed by atoms with van der Waals surface area (Å²) in [5.74, 6) is 0.214. The van der Waals surface area contributed by atoms with E-state index in [1.165, 1.54) is 12.5 Å². The number of sulfone groups is 2. The summed E-state index contributed by atoms with van der Waals surface area (Å²) in [7, 11) is -4.13. The number of hydrogen-bond donors (Lipinski definition) is 1. The molecule has 39 heavy (non-hydrogen) atoms. The summed E-state index contributed by atoms with van der Waals surface area (Å²) in [5.41, 5.74) is 5.44. The van der Waals surface area contributed by atoms with Crippen molar-refractivity contribution in [3.05, 3.63) is 72.3 Å². The first kappa shape index (κ1) is 28.8. The third-order valence-corrected chi connectivity index (χ3v) is 8.42. The lowest BCUT2D eigenvalue weighted by Gasteiger charge is -2.22.